The molecule has 158 valence electrons. The lowest BCUT2D eigenvalue weighted by Gasteiger charge is -2.03. The van der Waals surface area contributed by atoms with Gasteiger partial charge in [0.05, 0.1) is 23.5 Å². The molecule has 0 atom stereocenters. The molecule has 5 rings (SSSR count). The van der Waals surface area contributed by atoms with Crippen molar-refractivity contribution in [2.75, 3.05) is 0 Å². The first-order chi connectivity index (χ1) is 15.5. The third-order valence-electron chi connectivity index (χ3n) is 4.81. The summed E-state index contributed by atoms with van der Waals surface area (Å²) in [5.41, 5.74) is 2.32. The normalized spacial score (nSPS) is 11.2. The van der Waals surface area contributed by atoms with Crippen molar-refractivity contribution in [2.45, 2.75) is 6.54 Å². The van der Waals surface area contributed by atoms with Crippen LogP contribution in [0.5, 0.6) is 0 Å². The summed E-state index contributed by atoms with van der Waals surface area (Å²) in [6.45, 7) is 0.243. The van der Waals surface area contributed by atoms with Gasteiger partial charge in [0.2, 0.25) is 0 Å². The molecule has 2 aromatic carbocycles. The first kappa shape index (κ1) is 19.5. The van der Waals surface area contributed by atoms with Crippen LogP contribution < -0.4 is 0 Å². The molecule has 1 N–H and O–H groups in total. The lowest BCUT2D eigenvalue weighted by molar-refractivity contribution is 0.0697. The molecule has 0 spiro atoms. The Hall–Kier alpha value is -4.47. The van der Waals surface area contributed by atoms with E-state index in [2.05, 4.69) is 20.2 Å². The predicted octanol–water partition coefficient (Wildman–Crippen LogP) is 4.12. The van der Waals surface area contributed by atoms with Crippen LogP contribution in [0.1, 0.15) is 16.1 Å². The van der Waals surface area contributed by atoms with E-state index < -0.39 is 17.6 Å². The fourth-order valence-electron chi connectivity index (χ4n) is 3.21. The van der Waals surface area contributed by atoms with Crippen molar-refractivity contribution in [1.82, 2.24) is 24.9 Å². The number of fused-ring (bicyclic) bond motifs is 1. The first-order valence-corrected chi connectivity index (χ1v) is 9.42. The van der Waals surface area contributed by atoms with Gasteiger partial charge < -0.3 is 9.63 Å². The summed E-state index contributed by atoms with van der Waals surface area (Å²) in [6, 6.07) is 11.8. The van der Waals surface area contributed by atoms with Crippen molar-refractivity contribution in [1.29, 1.82) is 0 Å². The molecule has 0 radical (unpaired) electrons. The first-order valence-electron chi connectivity index (χ1n) is 9.42. The Balaban J connectivity index is 1.39. The van der Waals surface area contributed by atoms with Crippen LogP contribution in [0.3, 0.4) is 0 Å². The number of carbonyl (C=O) groups is 1. The van der Waals surface area contributed by atoms with E-state index in [1.165, 1.54) is 30.5 Å². The van der Waals surface area contributed by atoms with Crippen molar-refractivity contribution in [3.8, 4) is 34.0 Å². The molecule has 1 aromatic heterocycles. The summed E-state index contributed by atoms with van der Waals surface area (Å²) in [5, 5.41) is 17.3. The van der Waals surface area contributed by atoms with Crippen molar-refractivity contribution in [2.24, 2.45) is 0 Å². The molecule has 2 aliphatic heterocycles. The standard InChI is InChI=1S/C22H13F2N5O3/c23-16-3-1-2-15(20(16)24)21-26-18-9-25-29(11-19(18)27-21)10-14-8-17(28-32-14)12-4-6-13(7-5-12)22(30)31/h1-9,11H,10H2,(H,30,31). The number of benzene rings is 2. The maximum Gasteiger partial charge on any atom is 0.335 e. The number of carboxylic acids is 1. The van der Waals surface area contributed by atoms with E-state index in [-0.39, 0.29) is 23.5 Å². The predicted molar refractivity (Wildman–Crippen MR) is 108 cm³/mol. The number of aromatic carboxylic acids is 1. The highest BCUT2D eigenvalue weighted by Crippen LogP contribution is 2.27. The van der Waals surface area contributed by atoms with Crippen molar-refractivity contribution in [3.63, 3.8) is 0 Å². The highest BCUT2D eigenvalue weighted by atomic mass is 19.2. The van der Waals surface area contributed by atoms with Gasteiger partial charge >= 0.3 is 5.97 Å². The molecule has 3 heterocycles. The van der Waals surface area contributed by atoms with E-state index in [4.69, 9.17) is 9.63 Å². The molecule has 8 nitrogen and oxygen atoms in total. The number of hydrogen-bond acceptors (Lipinski definition) is 6. The van der Waals surface area contributed by atoms with Crippen LogP contribution in [0.15, 0.2) is 65.4 Å². The van der Waals surface area contributed by atoms with Crippen molar-refractivity contribution < 1.29 is 23.2 Å². The minimum Gasteiger partial charge on any atom is -0.478 e. The summed E-state index contributed by atoms with van der Waals surface area (Å²) in [5.74, 6) is -2.40. The second-order valence-electron chi connectivity index (χ2n) is 6.95. The third-order valence-corrected chi connectivity index (χ3v) is 4.81. The summed E-state index contributed by atoms with van der Waals surface area (Å²) >= 11 is 0. The Morgan fingerprint density at radius 3 is 2.59 bits per heavy atom. The second-order valence-corrected chi connectivity index (χ2v) is 6.95. The number of imidazole rings is 1. The molecule has 0 amide bonds. The number of halogens is 2. The fraction of sp³-hybridized carbons (Fsp3) is 0.0455. The van der Waals surface area contributed by atoms with Gasteiger partial charge in [-0.15, -0.1) is 0 Å². The third kappa shape index (κ3) is 3.58. The molecule has 0 saturated carbocycles. The Bertz CT molecular complexity index is 1410. The smallest absolute Gasteiger partial charge is 0.335 e. The zero-order chi connectivity index (χ0) is 22.2. The quantitative estimate of drug-likeness (QED) is 0.444. The van der Waals surface area contributed by atoms with Crippen LogP contribution in [-0.4, -0.2) is 36.0 Å². The minimum absolute atomic E-state index is 0.0263. The molecule has 2 aliphatic rings. The molecular formula is C22H13F2N5O3. The van der Waals surface area contributed by atoms with Gasteiger partial charge in [0.15, 0.2) is 23.2 Å². The molecule has 0 saturated heterocycles. The topological polar surface area (TPSA) is 107 Å². The van der Waals surface area contributed by atoms with Crippen LogP contribution in [-0.2, 0) is 6.54 Å². The molecule has 10 heteroatoms. The second kappa shape index (κ2) is 7.65. The molecule has 32 heavy (non-hydrogen) atoms. The molecule has 0 aliphatic carbocycles. The maximum absolute atomic E-state index is 14.1. The lowest BCUT2D eigenvalue weighted by Crippen LogP contribution is -2.04. The number of carboxylic acid groups (broad SMARTS) is 1. The summed E-state index contributed by atoms with van der Waals surface area (Å²) in [6.07, 6.45) is 3.10. The Morgan fingerprint density at radius 2 is 1.81 bits per heavy atom. The number of rotatable bonds is 5. The Morgan fingerprint density at radius 1 is 1.03 bits per heavy atom. The SMILES string of the molecule is O=C(O)c1ccc(-c2cc(Cn3cc4nc(-c5cccc(F)c5F)nc-4cn3)on2)cc1. The summed E-state index contributed by atoms with van der Waals surface area (Å²) < 4.78 is 34.5. The van der Waals surface area contributed by atoms with Crippen LogP contribution in [0.2, 0.25) is 0 Å². The molecule has 0 fully saturated rings. The van der Waals surface area contributed by atoms with Gasteiger partial charge in [-0.1, -0.05) is 23.4 Å². The minimum atomic E-state index is -1.01. The number of aromatic nitrogens is 5. The highest BCUT2D eigenvalue weighted by Gasteiger charge is 2.18. The number of hydrogen-bond donors (Lipinski definition) is 1. The van der Waals surface area contributed by atoms with Crippen LogP contribution in [0, 0.1) is 11.6 Å². The van der Waals surface area contributed by atoms with Gasteiger partial charge in [-0.05, 0) is 24.3 Å². The summed E-state index contributed by atoms with van der Waals surface area (Å²) in [4.78, 5) is 19.5. The van der Waals surface area contributed by atoms with Crippen molar-refractivity contribution in [3.05, 3.63) is 83.9 Å². The van der Waals surface area contributed by atoms with E-state index in [0.717, 1.165) is 6.07 Å². The number of nitrogens with zero attached hydrogens (tertiary/aromatic N) is 5. The highest BCUT2D eigenvalue weighted by molar-refractivity contribution is 5.88. The van der Waals surface area contributed by atoms with E-state index >= 15 is 0 Å². The van der Waals surface area contributed by atoms with Crippen LogP contribution in [0.4, 0.5) is 8.78 Å². The zero-order valence-corrected chi connectivity index (χ0v) is 16.2. The van der Waals surface area contributed by atoms with Gasteiger partial charge in [-0.2, -0.15) is 5.10 Å². The molecular weight excluding hydrogens is 420 g/mol. The monoisotopic (exact) mass is 433 g/mol. The van der Waals surface area contributed by atoms with E-state index in [1.54, 1.807) is 29.1 Å². The lowest BCUT2D eigenvalue weighted by atomic mass is 10.1. The van der Waals surface area contributed by atoms with Crippen LogP contribution >= 0.6 is 0 Å². The Kier molecular flexibility index (Phi) is 4.66. The van der Waals surface area contributed by atoms with E-state index in [0.29, 0.717) is 28.4 Å². The van der Waals surface area contributed by atoms with Crippen molar-refractivity contribution >= 4 is 5.97 Å². The van der Waals surface area contributed by atoms with Gasteiger partial charge in [0, 0.05) is 11.6 Å². The van der Waals surface area contributed by atoms with Gasteiger partial charge in [0.1, 0.15) is 23.6 Å². The maximum atomic E-state index is 14.1. The van der Waals surface area contributed by atoms with Crippen LogP contribution in [0.25, 0.3) is 34.0 Å². The average Bonchev–Trinajstić information content (AvgIpc) is 3.42. The van der Waals surface area contributed by atoms with E-state index in [9.17, 15) is 13.6 Å². The zero-order valence-electron chi connectivity index (χ0n) is 16.2. The molecule has 0 unspecified atom stereocenters. The van der Waals surface area contributed by atoms with Gasteiger partial charge in [-0.25, -0.2) is 23.5 Å². The Labute approximate surface area is 179 Å². The average molecular weight is 433 g/mol. The largest absolute Gasteiger partial charge is 0.478 e. The fourth-order valence-corrected chi connectivity index (χ4v) is 3.21. The van der Waals surface area contributed by atoms with E-state index in [1.807, 2.05) is 0 Å². The molecule has 3 aromatic rings. The van der Waals surface area contributed by atoms with Gasteiger partial charge in [0.25, 0.3) is 0 Å². The van der Waals surface area contributed by atoms with Gasteiger partial charge in [-0.3, -0.25) is 4.68 Å². The molecule has 0 bridgehead atoms. The summed E-state index contributed by atoms with van der Waals surface area (Å²) in [7, 11) is 0.